The van der Waals surface area contributed by atoms with Gasteiger partial charge >= 0.3 is 0 Å². The van der Waals surface area contributed by atoms with Crippen LogP contribution in [-0.4, -0.2) is 35.7 Å². The van der Waals surface area contributed by atoms with Gasteiger partial charge in [-0.25, -0.2) is 4.98 Å². The van der Waals surface area contributed by atoms with E-state index in [0.29, 0.717) is 19.6 Å². The highest BCUT2D eigenvalue weighted by Crippen LogP contribution is 2.33. The standard InChI is InChI=1S/C20H21N3O2/c1-25-12-11-22-18-10-6-5-9-17(18)21-20(22)15-13-19(24)23(14-15)16-7-3-2-4-8-16/h2-10,15H,11-14H2,1H3/t15-/m1/s1. The van der Waals surface area contributed by atoms with Gasteiger partial charge in [-0.3, -0.25) is 4.79 Å². The molecule has 5 nitrogen and oxygen atoms in total. The number of benzene rings is 2. The van der Waals surface area contributed by atoms with Gasteiger partial charge in [0.25, 0.3) is 0 Å². The Hall–Kier alpha value is -2.66. The van der Waals surface area contributed by atoms with Gasteiger partial charge in [-0.1, -0.05) is 30.3 Å². The van der Waals surface area contributed by atoms with E-state index in [1.54, 1.807) is 7.11 Å². The number of amides is 1. The number of hydrogen-bond donors (Lipinski definition) is 0. The van der Waals surface area contributed by atoms with Crippen LogP contribution in [0.2, 0.25) is 0 Å². The van der Waals surface area contributed by atoms with Crippen LogP contribution in [0.1, 0.15) is 18.2 Å². The summed E-state index contributed by atoms with van der Waals surface area (Å²) in [5.74, 6) is 1.23. The first-order valence-corrected chi connectivity index (χ1v) is 8.57. The van der Waals surface area contributed by atoms with Gasteiger partial charge in [0.05, 0.1) is 17.6 Å². The predicted octanol–water partition coefficient (Wildman–Crippen LogP) is 3.20. The summed E-state index contributed by atoms with van der Waals surface area (Å²) in [6, 6.07) is 18.0. The monoisotopic (exact) mass is 335 g/mol. The van der Waals surface area contributed by atoms with Crippen LogP contribution in [0.4, 0.5) is 5.69 Å². The van der Waals surface area contributed by atoms with Gasteiger partial charge in [-0.2, -0.15) is 0 Å². The van der Waals surface area contributed by atoms with Crippen LogP contribution in [0.15, 0.2) is 54.6 Å². The SMILES string of the molecule is COCCn1c([C@@H]2CC(=O)N(c3ccccc3)C2)nc2ccccc21. The van der Waals surface area contributed by atoms with Crippen LogP contribution in [0.3, 0.4) is 0 Å². The highest BCUT2D eigenvalue weighted by molar-refractivity contribution is 5.96. The topological polar surface area (TPSA) is 47.4 Å². The third-order valence-electron chi connectivity index (χ3n) is 4.76. The van der Waals surface area contributed by atoms with Crippen LogP contribution in [0, 0.1) is 0 Å². The van der Waals surface area contributed by atoms with Crippen molar-refractivity contribution < 1.29 is 9.53 Å². The summed E-state index contributed by atoms with van der Waals surface area (Å²) in [6.45, 7) is 2.03. The lowest BCUT2D eigenvalue weighted by atomic mass is 10.1. The van der Waals surface area contributed by atoms with Gasteiger partial charge < -0.3 is 14.2 Å². The molecule has 0 bridgehead atoms. The fourth-order valence-electron chi connectivity index (χ4n) is 3.56. The first kappa shape index (κ1) is 15.8. The molecule has 0 N–H and O–H groups in total. The number of aromatic nitrogens is 2. The van der Waals surface area contributed by atoms with E-state index in [2.05, 4.69) is 10.6 Å². The second-order valence-corrected chi connectivity index (χ2v) is 6.34. The molecule has 2 heterocycles. The average Bonchev–Trinajstić information content (AvgIpc) is 3.21. The number of fused-ring (bicyclic) bond motifs is 1. The lowest BCUT2D eigenvalue weighted by Gasteiger charge is -2.17. The summed E-state index contributed by atoms with van der Waals surface area (Å²) in [5.41, 5.74) is 3.02. The molecule has 1 aliphatic rings. The quantitative estimate of drug-likeness (QED) is 0.719. The Balaban J connectivity index is 1.69. The molecule has 1 saturated heterocycles. The van der Waals surface area contributed by atoms with Crippen molar-refractivity contribution in [1.82, 2.24) is 9.55 Å². The van der Waals surface area contributed by atoms with E-state index in [1.165, 1.54) is 0 Å². The predicted molar refractivity (Wildman–Crippen MR) is 97.8 cm³/mol. The number of anilines is 1. The molecule has 1 atom stereocenters. The van der Waals surface area contributed by atoms with E-state index in [9.17, 15) is 4.79 Å². The summed E-state index contributed by atoms with van der Waals surface area (Å²) < 4.78 is 7.47. The Morgan fingerprint density at radius 1 is 1.12 bits per heavy atom. The van der Waals surface area contributed by atoms with Crippen molar-refractivity contribution in [3.63, 3.8) is 0 Å². The first-order valence-electron chi connectivity index (χ1n) is 8.57. The molecule has 0 unspecified atom stereocenters. The minimum Gasteiger partial charge on any atom is -0.383 e. The second kappa shape index (κ2) is 6.69. The van der Waals surface area contributed by atoms with Crippen molar-refractivity contribution in [3.05, 3.63) is 60.4 Å². The minimum atomic E-state index is 0.0944. The Kier molecular flexibility index (Phi) is 4.24. The van der Waals surface area contributed by atoms with E-state index in [-0.39, 0.29) is 11.8 Å². The number of rotatable bonds is 5. The van der Waals surface area contributed by atoms with Crippen molar-refractivity contribution in [2.45, 2.75) is 18.9 Å². The largest absolute Gasteiger partial charge is 0.383 e. The van der Waals surface area contributed by atoms with E-state index < -0.39 is 0 Å². The number of carbonyl (C=O) groups excluding carboxylic acids is 1. The summed E-state index contributed by atoms with van der Waals surface area (Å²) in [7, 11) is 1.70. The summed E-state index contributed by atoms with van der Waals surface area (Å²) in [5, 5.41) is 0. The van der Waals surface area contributed by atoms with Crippen LogP contribution >= 0.6 is 0 Å². The second-order valence-electron chi connectivity index (χ2n) is 6.34. The number of methoxy groups -OCH3 is 1. The highest BCUT2D eigenvalue weighted by atomic mass is 16.5. The maximum absolute atomic E-state index is 12.6. The summed E-state index contributed by atoms with van der Waals surface area (Å²) >= 11 is 0. The third-order valence-corrected chi connectivity index (χ3v) is 4.76. The summed E-state index contributed by atoms with van der Waals surface area (Å²) in [4.78, 5) is 19.3. The van der Waals surface area contributed by atoms with Gasteiger partial charge in [-0.15, -0.1) is 0 Å². The molecule has 25 heavy (non-hydrogen) atoms. The smallest absolute Gasteiger partial charge is 0.227 e. The van der Waals surface area contributed by atoms with Gasteiger partial charge in [-0.05, 0) is 24.3 Å². The molecule has 1 aromatic heterocycles. The van der Waals surface area contributed by atoms with Crippen LogP contribution in [0.5, 0.6) is 0 Å². The molecule has 4 rings (SSSR count). The van der Waals surface area contributed by atoms with Crippen LogP contribution < -0.4 is 4.90 Å². The number of nitrogens with zero attached hydrogens (tertiary/aromatic N) is 3. The molecular formula is C20H21N3O2. The third kappa shape index (κ3) is 2.91. The molecule has 0 saturated carbocycles. The first-order chi connectivity index (χ1) is 12.3. The van der Waals surface area contributed by atoms with Crippen LogP contribution in [0.25, 0.3) is 11.0 Å². The van der Waals surface area contributed by atoms with Crippen molar-refractivity contribution in [1.29, 1.82) is 0 Å². The molecule has 0 aliphatic carbocycles. The summed E-state index contributed by atoms with van der Waals surface area (Å²) in [6.07, 6.45) is 0.491. The zero-order chi connectivity index (χ0) is 17.2. The molecule has 0 spiro atoms. The molecule has 2 aromatic carbocycles. The molecule has 1 aliphatic heterocycles. The number of para-hydroxylation sites is 3. The lowest BCUT2D eigenvalue weighted by molar-refractivity contribution is -0.117. The van der Waals surface area contributed by atoms with Crippen molar-refractivity contribution in [2.24, 2.45) is 0 Å². The van der Waals surface area contributed by atoms with Gasteiger partial charge in [0.1, 0.15) is 5.82 Å². The zero-order valence-electron chi connectivity index (χ0n) is 14.3. The highest BCUT2D eigenvalue weighted by Gasteiger charge is 2.34. The zero-order valence-corrected chi connectivity index (χ0v) is 14.3. The van der Waals surface area contributed by atoms with Gasteiger partial charge in [0, 0.05) is 38.2 Å². The van der Waals surface area contributed by atoms with Crippen molar-refractivity contribution in [3.8, 4) is 0 Å². The number of ether oxygens (including phenoxy) is 1. The van der Waals surface area contributed by atoms with E-state index in [0.717, 1.165) is 29.1 Å². The van der Waals surface area contributed by atoms with Crippen molar-refractivity contribution >= 4 is 22.6 Å². The van der Waals surface area contributed by atoms with Gasteiger partial charge in [0.2, 0.25) is 5.91 Å². The maximum Gasteiger partial charge on any atom is 0.227 e. The fraction of sp³-hybridized carbons (Fsp3) is 0.300. The van der Waals surface area contributed by atoms with Gasteiger partial charge in [0.15, 0.2) is 0 Å². The Morgan fingerprint density at radius 3 is 2.68 bits per heavy atom. The molecule has 1 amide bonds. The van der Waals surface area contributed by atoms with Crippen molar-refractivity contribution in [2.75, 3.05) is 25.2 Å². The molecular weight excluding hydrogens is 314 g/mol. The van der Waals surface area contributed by atoms with E-state index >= 15 is 0 Å². The fourth-order valence-corrected chi connectivity index (χ4v) is 3.56. The average molecular weight is 335 g/mol. The lowest BCUT2D eigenvalue weighted by Crippen LogP contribution is -2.24. The molecule has 0 radical (unpaired) electrons. The molecule has 1 fully saturated rings. The van der Waals surface area contributed by atoms with E-state index in [1.807, 2.05) is 53.4 Å². The Morgan fingerprint density at radius 2 is 1.88 bits per heavy atom. The number of hydrogen-bond acceptors (Lipinski definition) is 3. The Labute approximate surface area is 146 Å². The normalized spacial score (nSPS) is 17.6. The maximum atomic E-state index is 12.6. The minimum absolute atomic E-state index is 0.0944. The van der Waals surface area contributed by atoms with E-state index in [4.69, 9.17) is 9.72 Å². The van der Waals surface area contributed by atoms with Crippen LogP contribution in [-0.2, 0) is 16.1 Å². The molecule has 3 aromatic rings. The molecule has 5 heteroatoms. The molecule has 128 valence electrons. The number of imidazole rings is 1. The Bertz CT molecular complexity index is 888. The number of carbonyl (C=O) groups is 1.